The van der Waals surface area contributed by atoms with Crippen LogP contribution in [-0.2, 0) is 10.0 Å². The first-order chi connectivity index (χ1) is 14.3. The Labute approximate surface area is 175 Å². The van der Waals surface area contributed by atoms with Crippen LogP contribution in [0.25, 0.3) is 5.69 Å². The van der Waals surface area contributed by atoms with Gasteiger partial charge in [-0.15, -0.1) is 5.10 Å². The monoisotopic (exact) mass is 429 g/mol. The van der Waals surface area contributed by atoms with Crippen LogP contribution < -0.4 is 14.8 Å². The lowest BCUT2D eigenvalue weighted by Gasteiger charge is -2.09. The Morgan fingerprint density at radius 1 is 1.13 bits per heavy atom. The Kier molecular flexibility index (Phi) is 6.36. The van der Waals surface area contributed by atoms with Crippen LogP contribution in [0.3, 0.4) is 0 Å². The van der Waals surface area contributed by atoms with Crippen molar-refractivity contribution in [3.63, 3.8) is 0 Å². The topological polar surface area (TPSA) is 115 Å². The number of anilines is 2. The Bertz CT molecular complexity index is 1140. The second-order valence-corrected chi connectivity index (χ2v) is 8.43. The number of nitrogens with one attached hydrogen (secondary N) is 2. The van der Waals surface area contributed by atoms with Crippen LogP contribution in [0.4, 0.5) is 11.4 Å². The number of carbonyl (C=O) groups excluding carboxylic acids is 1. The van der Waals surface area contributed by atoms with Gasteiger partial charge in [0.25, 0.3) is 5.91 Å². The van der Waals surface area contributed by atoms with Crippen LogP contribution in [0.2, 0.25) is 0 Å². The maximum absolute atomic E-state index is 12.6. The summed E-state index contributed by atoms with van der Waals surface area (Å²) in [6.07, 6.45) is 0.527. The molecule has 0 atom stereocenters. The molecule has 0 saturated heterocycles. The SMILES string of the molecule is CCCS(=O)(=O)Nc1ccc(NC(=O)c2nnn(-c3cccc(OC)c3)c2C)cc1. The molecule has 1 aromatic heterocycles. The molecule has 0 saturated carbocycles. The molecule has 3 aromatic rings. The van der Waals surface area contributed by atoms with Crippen LogP contribution in [-0.4, -0.2) is 42.2 Å². The van der Waals surface area contributed by atoms with Crippen LogP contribution in [0.5, 0.6) is 5.75 Å². The predicted molar refractivity (Wildman–Crippen MR) is 115 cm³/mol. The largest absolute Gasteiger partial charge is 0.497 e. The molecule has 0 unspecified atom stereocenters. The van der Waals surface area contributed by atoms with Crippen molar-refractivity contribution in [1.82, 2.24) is 15.0 Å². The van der Waals surface area contributed by atoms with Crippen molar-refractivity contribution in [3.05, 3.63) is 59.9 Å². The molecule has 10 heteroatoms. The predicted octanol–water partition coefficient (Wildman–Crippen LogP) is 2.99. The number of benzene rings is 2. The van der Waals surface area contributed by atoms with Crippen molar-refractivity contribution in [2.24, 2.45) is 0 Å². The lowest BCUT2D eigenvalue weighted by atomic mass is 10.2. The summed E-state index contributed by atoms with van der Waals surface area (Å²) < 4.78 is 32.9. The number of methoxy groups -OCH3 is 1. The molecule has 0 aliphatic carbocycles. The van der Waals surface area contributed by atoms with E-state index in [2.05, 4.69) is 20.4 Å². The number of hydrogen-bond acceptors (Lipinski definition) is 6. The van der Waals surface area contributed by atoms with Gasteiger partial charge in [0.1, 0.15) is 5.75 Å². The summed E-state index contributed by atoms with van der Waals surface area (Å²) in [5, 5.41) is 10.8. The standard InChI is InChI=1S/C20H23N5O4S/c1-4-12-30(27,28)23-16-10-8-15(9-11-16)21-20(26)19-14(2)25(24-22-19)17-6-5-7-18(13-17)29-3/h5-11,13,23H,4,12H2,1-3H3,(H,21,26). The van der Waals surface area contributed by atoms with Crippen molar-refractivity contribution in [1.29, 1.82) is 0 Å². The molecular weight excluding hydrogens is 406 g/mol. The smallest absolute Gasteiger partial charge is 0.278 e. The third-order valence-electron chi connectivity index (χ3n) is 4.30. The van der Waals surface area contributed by atoms with E-state index in [9.17, 15) is 13.2 Å². The molecule has 1 heterocycles. The summed E-state index contributed by atoms with van der Waals surface area (Å²) >= 11 is 0. The molecule has 0 spiro atoms. The number of sulfonamides is 1. The lowest BCUT2D eigenvalue weighted by molar-refractivity contribution is 0.102. The van der Waals surface area contributed by atoms with Gasteiger partial charge in [-0.1, -0.05) is 18.2 Å². The molecule has 2 aromatic carbocycles. The lowest BCUT2D eigenvalue weighted by Crippen LogP contribution is -2.16. The minimum Gasteiger partial charge on any atom is -0.497 e. The summed E-state index contributed by atoms with van der Waals surface area (Å²) in [7, 11) is -1.79. The van der Waals surface area contributed by atoms with Crippen LogP contribution in [0, 0.1) is 6.92 Å². The molecule has 9 nitrogen and oxygen atoms in total. The third kappa shape index (κ3) is 4.95. The number of rotatable bonds is 8. The highest BCUT2D eigenvalue weighted by Gasteiger charge is 2.18. The Balaban J connectivity index is 1.73. The van der Waals surface area contributed by atoms with Crippen LogP contribution in [0.1, 0.15) is 29.5 Å². The van der Waals surface area contributed by atoms with E-state index in [0.717, 1.165) is 5.69 Å². The van der Waals surface area contributed by atoms with Crippen molar-refractivity contribution in [2.45, 2.75) is 20.3 Å². The van der Waals surface area contributed by atoms with E-state index in [0.29, 0.717) is 29.2 Å². The van der Waals surface area contributed by atoms with Crippen molar-refractivity contribution < 1.29 is 17.9 Å². The van der Waals surface area contributed by atoms with Gasteiger partial charge in [-0.05, 0) is 49.7 Å². The maximum Gasteiger partial charge on any atom is 0.278 e. The zero-order valence-electron chi connectivity index (χ0n) is 16.9. The first-order valence-corrected chi connectivity index (χ1v) is 11.0. The number of ether oxygens (including phenoxy) is 1. The number of aromatic nitrogens is 3. The molecule has 0 aliphatic heterocycles. The third-order valence-corrected chi connectivity index (χ3v) is 5.79. The number of carbonyl (C=O) groups is 1. The fourth-order valence-electron chi connectivity index (χ4n) is 2.84. The summed E-state index contributed by atoms with van der Waals surface area (Å²) in [4.78, 5) is 12.6. The van der Waals surface area contributed by atoms with Crippen LogP contribution >= 0.6 is 0 Å². The highest BCUT2D eigenvalue weighted by atomic mass is 32.2. The van der Waals surface area contributed by atoms with E-state index >= 15 is 0 Å². The fourth-order valence-corrected chi connectivity index (χ4v) is 3.97. The minimum absolute atomic E-state index is 0.0493. The van der Waals surface area contributed by atoms with Gasteiger partial charge in [-0.3, -0.25) is 9.52 Å². The number of nitrogens with zero attached hydrogens (tertiary/aromatic N) is 3. The molecule has 0 bridgehead atoms. The Hall–Kier alpha value is -3.40. The summed E-state index contributed by atoms with van der Waals surface area (Å²) in [5.74, 6) is 0.303. The first kappa shape index (κ1) is 21.3. The summed E-state index contributed by atoms with van der Waals surface area (Å²) in [6, 6.07) is 13.7. The van der Waals surface area contributed by atoms with E-state index in [1.165, 1.54) is 0 Å². The highest BCUT2D eigenvalue weighted by molar-refractivity contribution is 7.92. The van der Waals surface area contributed by atoms with Crippen molar-refractivity contribution in [2.75, 3.05) is 22.9 Å². The van der Waals surface area contributed by atoms with Gasteiger partial charge >= 0.3 is 0 Å². The number of amides is 1. The number of hydrogen-bond donors (Lipinski definition) is 2. The fraction of sp³-hybridized carbons (Fsp3) is 0.250. The summed E-state index contributed by atoms with van der Waals surface area (Å²) in [6.45, 7) is 3.55. The average Bonchev–Trinajstić information content (AvgIpc) is 3.10. The molecule has 0 radical (unpaired) electrons. The van der Waals surface area contributed by atoms with E-state index < -0.39 is 15.9 Å². The second-order valence-electron chi connectivity index (χ2n) is 6.59. The minimum atomic E-state index is -3.37. The van der Waals surface area contributed by atoms with E-state index in [1.807, 2.05) is 18.2 Å². The van der Waals surface area contributed by atoms with Gasteiger partial charge < -0.3 is 10.1 Å². The zero-order valence-corrected chi connectivity index (χ0v) is 17.7. The molecule has 158 valence electrons. The zero-order chi connectivity index (χ0) is 21.7. The quantitative estimate of drug-likeness (QED) is 0.569. The first-order valence-electron chi connectivity index (χ1n) is 9.31. The molecule has 30 heavy (non-hydrogen) atoms. The molecule has 2 N–H and O–H groups in total. The second kappa shape index (κ2) is 8.95. The van der Waals surface area contributed by atoms with E-state index in [-0.39, 0.29) is 11.4 Å². The molecular formula is C20H23N5O4S. The Morgan fingerprint density at radius 2 is 1.83 bits per heavy atom. The molecule has 1 amide bonds. The van der Waals surface area contributed by atoms with Gasteiger partial charge in [-0.2, -0.15) is 0 Å². The van der Waals surface area contributed by atoms with Gasteiger partial charge in [0.2, 0.25) is 10.0 Å². The summed E-state index contributed by atoms with van der Waals surface area (Å²) in [5.41, 5.74) is 2.42. The van der Waals surface area contributed by atoms with Crippen molar-refractivity contribution in [3.8, 4) is 11.4 Å². The molecule has 3 rings (SSSR count). The normalized spacial score (nSPS) is 11.2. The van der Waals surface area contributed by atoms with Gasteiger partial charge in [-0.25, -0.2) is 13.1 Å². The van der Waals surface area contributed by atoms with Crippen LogP contribution in [0.15, 0.2) is 48.5 Å². The van der Waals surface area contributed by atoms with Gasteiger partial charge in [0.05, 0.1) is 24.2 Å². The van der Waals surface area contributed by atoms with E-state index in [4.69, 9.17) is 4.74 Å². The Morgan fingerprint density at radius 3 is 2.50 bits per heavy atom. The molecule has 0 fully saturated rings. The highest BCUT2D eigenvalue weighted by Crippen LogP contribution is 2.20. The molecule has 0 aliphatic rings. The maximum atomic E-state index is 12.6. The van der Waals surface area contributed by atoms with Gasteiger partial charge in [0.15, 0.2) is 5.69 Å². The van der Waals surface area contributed by atoms with E-state index in [1.54, 1.807) is 56.0 Å². The van der Waals surface area contributed by atoms with Crippen molar-refractivity contribution >= 4 is 27.3 Å². The average molecular weight is 430 g/mol. The van der Waals surface area contributed by atoms with Gasteiger partial charge in [0, 0.05) is 17.4 Å².